The average Bonchev–Trinajstić information content (AvgIpc) is 3.14. The first-order valence-corrected chi connectivity index (χ1v) is 7.84. The number of alkyl halides is 1. The van der Waals surface area contributed by atoms with Crippen molar-refractivity contribution in [1.82, 2.24) is 19.5 Å². The Morgan fingerprint density at radius 3 is 2.76 bits per heavy atom. The molecule has 1 aliphatic rings. The molecular formula is C13H17ClFN5O5. The van der Waals surface area contributed by atoms with E-state index in [1.807, 2.05) is 0 Å². The molecule has 1 aliphatic heterocycles. The quantitative estimate of drug-likeness (QED) is 0.393. The minimum absolute atomic E-state index is 0.00298. The summed E-state index contributed by atoms with van der Waals surface area (Å²) in [7, 11) is 0. The molecule has 0 amide bonds. The number of hydrogen-bond donors (Lipinski definition) is 5. The summed E-state index contributed by atoms with van der Waals surface area (Å²) in [5.41, 5.74) is 0.459. The number of nitrogens with zero attached hydrogens (tertiary/aromatic N) is 4. The summed E-state index contributed by atoms with van der Waals surface area (Å²) in [6.07, 6.45) is -4.73. The first-order valence-electron chi connectivity index (χ1n) is 7.46. The highest BCUT2D eigenvalue weighted by Gasteiger charge is 2.44. The number of aromatic nitrogens is 4. The van der Waals surface area contributed by atoms with Crippen LogP contribution in [0.15, 0.2) is 6.33 Å². The number of imidazole rings is 1. The van der Waals surface area contributed by atoms with Crippen LogP contribution in [0.5, 0.6) is 0 Å². The second-order valence-electron chi connectivity index (χ2n) is 5.58. The second kappa shape index (κ2) is 7.32. The van der Waals surface area contributed by atoms with E-state index in [1.54, 1.807) is 0 Å². The average molecular weight is 378 g/mol. The van der Waals surface area contributed by atoms with Gasteiger partial charge < -0.3 is 30.5 Å². The van der Waals surface area contributed by atoms with Crippen molar-refractivity contribution < 1.29 is 29.6 Å². The molecule has 1 saturated heterocycles. The van der Waals surface area contributed by atoms with Gasteiger partial charge in [-0.2, -0.15) is 9.97 Å². The number of anilines is 1. The van der Waals surface area contributed by atoms with Crippen LogP contribution in [0.2, 0.25) is 5.28 Å². The monoisotopic (exact) mass is 377 g/mol. The summed E-state index contributed by atoms with van der Waals surface area (Å²) < 4.78 is 19.5. The largest absolute Gasteiger partial charge is 0.394 e. The fourth-order valence-corrected chi connectivity index (χ4v) is 2.73. The second-order valence-corrected chi connectivity index (χ2v) is 5.92. The first-order chi connectivity index (χ1) is 12.0. The zero-order valence-corrected chi connectivity index (χ0v) is 13.6. The fourth-order valence-electron chi connectivity index (χ4n) is 2.56. The maximum atomic E-state index is 12.9. The van der Waals surface area contributed by atoms with Crippen molar-refractivity contribution in [3.05, 3.63) is 11.6 Å². The number of halogens is 2. The van der Waals surface area contributed by atoms with Gasteiger partial charge in [-0.1, -0.05) is 0 Å². The lowest BCUT2D eigenvalue weighted by atomic mass is 10.1. The molecule has 138 valence electrons. The van der Waals surface area contributed by atoms with Gasteiger partial charge in [0.15, 0.2) is 23.2 Å². The van der Waals surface area contributed by atoms with E-state index in [4.69, 9.17) is 21.4 Å². The van der Waals surface area contributed by atoms with Crippen LogP contribution in [0, 0.1) is 0 Å². The molecule has 1 fully saturated rings. The van der Waals surface area contributed by atoms with Crippen molar-refractivity contribution >= 4 is 28.6 Å². The molecule has 5 N–H and O–H groups in total. The van der Waals surface area contributed by atoms with E-state index in [1.165, 1.54) is 10.9 Å². The van der Waals surface area contributed by atoms with Gasteiger partial charge in [0.2, 0.25) is 5.28 Å². The van der Waals surface area contributed by atoms with E-state index in [9.17, 15) is 19.7 Å². The van der Waals surface area contributed by atoms with Crippen LogP contribution in [-0.2, 0) is 4.74 Å². The number of fused-ring (bicyclic) bond motifs is 1. The summed E-state index contributed by atoms with van der Waals surface area (Å²) in [6.45, 7) is -1.39. The third-order valence-electron chi connectivity index (χ3n) is 3.87. The van der Waals surface area contributed by atoms with E-state index in [2.05, 4.69) is 20.3 Å². The van der Waals surface area contributed by atoms with Crippen molar-refractivity contribution in [2.45, 2.75) is 30.6 Å². The fraction of sp³-hybridized carbons (Fsp3) is 0.615. The minimum atomic E-state index is -1.39. The molecule has 0 spiro atoms. The van der Waals surface area contributed by atoms with Gasteiger partial charge in [-0.05, 0) is 11.6 Å². The molecule has 12 heteroatoms. The van der Waals surface area contributed by atoms with Gasteiger partial charge >= 0.3 is 0 Å². The van der Waals surface area contributed by atoms with Crippen LogP contribution < -0.4 is 5.32 Å². The van der Waals surface area contributed by atoms with Gasteiger partial charge in [0.05, 0.1) is 19.0 Å². The van der Waals surface area contributed by atoms with Crippen molar-refractivity contribution in [2.75, 3.05) is 25.1 Å². The summed E-state index contributed by atoms with van der Waals surface area (Å²) >= 11 is 5.90. The Balaban J connectivity index is 1.95. The Morgan fingerprint density at radius 1 is 1.36 bits per heavy atom. The number of aliphatic hydroxyl groups excluding tert-OH is 4. The lowest BCUT2D eigenvalue weighted by molar-refractivity contribution is -0.0409. The van der Waals surface area contributed by atoms with Gasteiger partial charge in [0.1, 0.15) is 25.0 Å². The Morgan fingerprint density at radius 2 is 2.12 bits per heavy atom. The summed E-state index contributed by atoms with van der Waals surface area (Å²) in [6, 6.07) is 0. The zero-order chi connectivity index (χ0) is 18.1. The standard InChI is InChI=1S/C13H17ClFN5O5/c14-13-18-10(16-2-5(22)3-21)7-11(19-13)20(4-17-7)12-9(24)8(23)6(1-15)25-12/h4-6,8-9,12,21-24H,1-3H2,(H,16,18,19)/t5?,6-,8-,9-,12-/m1/s1. The molecule has 10 nitrogen and oxygen atoms in total. The van der Waals surface area contributed by atoms with Gasteiger partial charge in [-0.25, -0.2) is 9.37 Å². The lowest BCUT2D eigenvalue weighted by Crippen LogP contribution is -2.32. The first kappa shape index (κ1) is 18.2. The number of aliphatic hydroxyl groups is 4. The molecule has 0 aliphatic carbocycles. The molecule has 3 heterocycles. The Labute approximate surface area is 145 Å². The van der Waals surface area contributed by atoms with E-state index in [-0.39, 0.29) is 28.8 Å². The topological polar surface area (TPSA) is 146 Å². The number of ether oxygens (including phenoxy) is 1. The molecule has 1 unspecified atom stereocenters. The number of hydrogen-bond acceptors (Lipinski definition) is 9. The maximum Gasteiger partial charge on any atom is 0.226 e. The Bertz CT molecular complexity index is 749. The van der Waals surface area contributed by atoms with Gasteiger partial charge in [0.25, 0.3) is 0 Å². The molecule has 2 aromatic rings. The normalized spacial score (nSPS) is 27.8. The summed E-state index contributed by atoms with van der Waals surface area (Å²) in [5.74, 6) is 0.205. The van der Waals surface area contributed by atoms with Crippen LogP contribution in [0.3, 0.4) is 0 Å². The van der Waals surface area contributed by atoms with Crippen molar-refractivity contribution in [3.63, 3.8) is 0 Å². The molecule has 25 heavy (non-hydrogen) atoms. The molecule has 0 saturated carbocycles. The molecule has 0 bridgehead atoms. The van der Waals surface area contributed by atoms with E-state index >= 15 is 0 Å². The lowest BCUT2D eigenvalue weighted by Gasteiger charge is -2.16. The van der Waals surface area contributed by atoms with Crippen molar-refractivity contribution in [3.8, 4) is 0 Å². The van der Waals surface area contributed by atoms with Crippen LogP contribution in [0.4, 0.5) is 10.2 Å². The predicted molar refractivity (Wildman–Crippen MR) is 83.8 cm³/mol. The Kier molecular flexibility index (Phi) is 5.32. The Hall–Kier alpha value is -1.63. The third-order valence-corrected chi connectivity index (χ3v) is 4.04. The zero-order valence-electron chi connectivity index (χ0n) is 12.8. The maximum absolute atomic E-state index is 12.9. The molecule has 5 atom stereocenters. The van der Waals surface area contributed by atoms with Crippen LogP contribution in [-0.4, -0.2) is 84.2 Å². The molecule has 0 radical (unpaired) electrons. The molecule has 2 aromatic heterocycles. The van der Waals surface area contributed by atoms with E-state index in [0.29, 0.717) is 0 Å². The molecular weight excluding hydrogens is 361 g/mol. The molecule has 0 aromatic carbocycles. The van der Waals surface area contributed by atoms with Crippen LogP contribution >= 0.6 is 11.6 Å². The number of nitrogens with one attached hydrogen (secondary N) is 1. The van der Waals surface area contributed by atoms with E-state index < -0.39 is 43.9 Å². The highest BCUT2D eigenvalue weighted by atomic mass is 35.5. The smallest absolute Gasteiger partial charge is 0.226 e. The highest BCUT2D eigenvalue weighted by Crippen LogP contribution is 2.33. The van der Waals surface area contributed by atoms with Gasteiger partial charge in [-0.15, -0.1) is 0 Å². The van der Waals surface area contributed by atoms with Crippen molar-refractivity contribution in [2.24, 2.45) is 0 Å². The van der Waals surface area contributed by atoms with Crippen molar-refractivity contribution in [1.29, 1.82) is 0 Å². The third kappa shape index (κ3) is 3.38. The predicted octanol–water partition coefficient (Wildman–Crippen LogP) is -1.17. The number of rotatable bonds is 6. The van der Waals surface area contributed by atoms with Gasteiger partial charge in [0, 0.05) is 6.54 Å². The van der Waals surface area contributed by atoms with E-state index in [0.717, 1.165) is 0 Å². The molecule has 3 rings (SSSR count). The van der Waals surface area contributed by atoms with Crippen LogP contribution in [0.25, 0.3) is 11.2 Å². The SMILES string of the molecule is OCC(O)CNc1nc(Cl)nc2c1ncn2[C@@H]1O[C@H](CF)[C@@H](O)[C@H]1O. The minimum Gasteiger partial charge on any atom is -0.394 e. The summed E-state index contributed by atoms with van der Waals surface area (Å²) in [4.78, 5) is 12.1. The summed E-state index contributed by atoms with van der Waals surface area (Å²) in [5, 5.41) is 40.8. The van der Waals surface area contributed by atoms with Crippen LogP contribution in [0.1, 0.15) is 6.23 Å². The highest BCUT2D eigenvalue weighted by molar-refractivity contribution is 6.28. The van der Waals surface area contributed by atoms with Gasteiger partial charge in [-0.3, -0.25) is 4.57 Å².